The molecule has 0 aliphatic carbocycles. The molecule has 0 spiro atoms. The number of esters is 1. The molecule has 5 heteroatoms. The van der Waals surface area contributed by atoms with Gasteiger partial charge in [0.25, 0.3) is 0 Å². The van der Waals surface area contributed by atoms with Crippen molar-refractivity contribution in [3.63, 3.8) is 0 Å². The minimum atomic E-state index is -0.339. The first-order valence-electron chi connectivity index (χ1n) is 10.0. The third-order valence-electron chi connectivity index (χ3n) is 5.08. The summed E-state index contributed by atoms with van der Waals surface area (Å²) in [4.78, 5) is 27.9. The van der Waals surface area contributed by atoms with Crippen molar-refractivity contribution in [1.29, 1.82) is 0 Å². The minimum Gasteiger partial charge on any atom is -0.463 e. The van der Waals surface area contributed by atoms with Crippen LogP contribution in [0.15, 0.2) is 65.9 Å². The van der Waals surface area contributed by atoms with Crippen LogP contribution in [0.25, 0.3) is 0 Å². The van der Waals surface area contributed by atoms with Crippen LogP contribution in [0.3, 0.4) is 0 Å². The van der Waals surface area contributed by atoms with Gasteiger partial charge in [-0.25, -0.2) is 4.79 Å². The van der Waals surface area contributed by atoms with Gasteiger partial charge in [-0.2, -0.15) is 0 Å². The van der Waals surface area contributed by atoms with E-state index in [1.165, 1.54) is 0 Å². The number of carbonyl (C=O) groups excluding carboxylic acids is 2. The predicted octanol–water partition coefficient (Wildman–Crippen LogP) is 5.47. The number of nitrogens with zero attached hydrogens (tertiary/aromatic N) is 1. The Morgan fingerprint density at radius 1 is 1.14 bits per heavy atom. The fraction of sp³-hybridized carbons (Fsp3) is 0.333. The molecule has 4 nitrogen and oxygen atoms in total. The second-order valence-corrected chi connectivity index (χ2v) is 7.54. The molecule has 3 rings (SSSR count). The van der Waals surface area contributed by atoms with E-state index in [0.717, 1.165) is 23.2 Å². The highest BCUT2D eigenvalue weighted by molar-refractivity contribution is 6.30. The van der Waals surface area contributed by atoms with Crippen molar-refractivity contribution in [1.82, 2.24) is 4.90 Å². The fourth-order valence-electron chi connectivity index (χ4n) is 3.83. The van der Waals surface area contributed by atoms with Crippen LogP contribution in [-0.2, 0) is 20.9 Å². The standard InChI is InChI=1S/C24H26ClNO3/c1-3-9-21-23(24(28)29-4-2)20(18-11-6-5-7-12-18)15-22(27)26(21)16-17-10-8-13-19(25)14-17/h5-8,10-14,20H,3-4,9,15-16H2,1-2H3. The summed E-state index contributed by atoms with van der Waals surface area (Å²) in [7, 11) is 0. The first-order chi connectivity index (χ1) is 14.0. The third-order valence-corrected chi connectivity index (χ3v) is 5.31. The molecule has 0 radical (unpaired) electrons. The maximum absolute atomic E-state index is 13.2. The summed E-state index contributed by atoms with van der Waals surface area (Å²) >= 11 is 6.13. The molecule has 1 aliphatic heterocycles. The molecule has 0 aromatic heterocycles. The van der Waals surface area contributed by atoms with Gasteiger partial charge < -0.3 is 9.64 Å². The maximum atomic E-state index is 13.2. The van der Waals surface area contributed by atoms with Crippen LogP contribution in [0.2, 0.25) is 5.02 Å². The Bertz CT molecular complexity index is 907. The zero-order valence-electron chi connectivity index (χ0n) is 16.9. The third kappa shape index (κ3) is 4.88. The van der Waals surface area contributed by atoms with Crippen molar-refractivity contribution < 1.29 is 14.3 Å². The van der Waals surface area contributed by atoms with Gasteiger partial charge in [-0.15, -0.1) is 0 Å². The number of halogens is 1. The average Bonchev–Trinajstić information content (AvgIpc) is 2.71. The van der Waals surface area contributed by atoms with Gasteiger partial charge in [0.05, 0.1) is 18.7 Å². The number of hydrogen-bond donors (Lipinski definition) is 0. The van der Waals surface area contributed by atoms with Gasteiger partial charge in [0.1, 0.15) is 0 Å². The lowest BCUT2D eigenvalue weighted by atomic mass is 9.82. The Hall–Kier alpha value is -2.59. The number of amides is 1. The summed E-state index contributed by atoms with van der Waals surface area (Å²) in [6.07, 6.45) is 1.69. The molecule has 1 unspecified atom stereocenters. The lowest BCUT2D eigenvalue weighted by molar-refractivity contribution is -0.140. The minimum absolute atomic E-state index is 0.00956. The van der Waals surface area contributed by atoms with E-state index >= 15 is 0 Å². The smallest absolute Gasteiger partial charge is 0.336 e. The summed E-state index contributed by atoms with van der Waals surface area (Å²) in [6, 6.07) is 17.2. The number of benzene rings is 2. The van der Waals surface area contributed by atoms with Crippen LogP contribution in [0.4, 0.5) is 0 Å². The summed E-state index contributed by atoms with van der Waals surface area (Å²) in [6.45, 7) is 4.53. The molecule has 0 fully saturated rings. The first-order valence-corrected chi connectivity index (χ1v) is 10.4. The molecule has 1 aliphatic rings. The van der Waals surface area contributed by atoms with Crippen LogP contribution in [-0.4, -0.2) is 23.4 Å². The summed E-state index contributed by atoms with van der Waals surface area (Å²) in [5.41, 5.74) is 3.25. The van der Waals surface area contributed by atoms with Crippen LogP contribution >= 0.6 is 11.6 Å². The van der Waals surface area contributed by atoms with Crippen LogP contribution in [0.1, 0.15) is 50.2 Å². The summed E-state index contributed by atoms with van der Waals surface area (Å²) in [5, 5.41) is 0.626. The molecular weight excluding hydrogens is 386 g/mol. The molecule has 1 heterocycles. The molecule has 2 aromatic rings. The van der Waals surface area contributed by atoms with Gasteiger partial charge in [-0.1, -0.05) is 67.4 Å². The quantitative estimate of drug-likeness (QED) is 0.567. The van der Waals surface area contributed by atoms with Crippen molar-refractivity contribution in [2.45, 2.75) is 45.6 Å². The first kappa shape index (κ1) is 21.1. The van der Waals surface area contributed by atoms with Crippen molar-refractivity contribution >= 4 is 23.5 Å². The molecule has 2 aromatic carbocycles. The molecule has 1 amide bonds. The Balaban J connectivity index is 2.09. The molecule has 152 valence electrons. The van der Waals surface area contributed by atoms with E-state index in [-0.39, 0.29) is 24.2 Å². The van der Waals surface area contributed by atoms with Gasteiger partial charge in [0.15, 0.2) is 0 Å². The van der Waals surface area contributed by atoms with Crippen LogP contribution < -0.4 is 0 Å². The Morgan fingerprint density at radius 3 is 2.55 bits per heavy atom. The largest absolute Gasteiger partial charge is 0.463 e. The van der Waals surface area contributed by atoms with E-state index in [9.17, 15) is 9.59 Å². The van der Waals surface area contributed by atoms with E-state index in [1.54, 1.807) is 17.9 Å². The topological polar surface area (TPSA) is 46.6 Å². The lowest BCUT2D eigenvalue weighted by Crippen LogP contribution is -2.39. The van der Waals surface area contributed by atoms with Crippen molar-refractivity contribution in [2.24, 2.45) is 0 Å². The summed E-state index contributed by atoms with van der Waals surface area (Å²) < 4.78 is 5.41. The Labute approximate surface area is 177 Å². The number of allylic oxidation sites excluding steroid dienone is 1. The highest BCUT2D eigenvalue weighted by Crippen LogP contribution is 2.39. The number of ether oxygens (including phenoxy) is 1. The number of carbonyl (C=O) groups is 2. The van der Waals surface area contributed by atoms with Crippen molar-refractivity contribution in [2.75, 3.05) is 6.61 Å². The van der Waals surface area contributed by atoms with Gasteiger partial charge in [0, 0.05) is 23.1 Å². The molecule has 0 bridgehead atoms. The van der Waals surface area contributed by atoms with Crippen molar-refractivity contribution in [3.8, 4) is 0 Å². The second kappa shape index (κ2) is 9.75. The van der Waals surface area contributed by atoms with E-state index in [2.05, 4.69) is 0 Å². The highest BCUT2D eigenvalue weighted by atomic mass is 35.5. The maximum Gasteiger partial charge on any atom is 0.336 e. The number of rotatable bonds is 7. The van der Waals surface area contributed by atoms with E-state index in [4.69, 9.17) is 16.3 Å². The van der Waals surface area contributed by atoms with Gasteiger partial charge in [-0.3, -0.25) is 4.79 Å². The van der Waals surface area contributed by atoms with E-state index in [1.807, 2.05) is 55.5 Å². The lowest BCUT2D eigenvalue weighted by Gasteiger charge is -2.36. The highest BCUT2D eigenvalue weighted by Gasteiger charge is 2.38. The average molecular weight is 412 g/mol. The zero-order valence-corrected chi connectivity index (χ0v) is 17.6. The zero-order chi connectivity index (χ0) is 20.8. The normalized spacial score (nSPS) is 16.9. The molecule has 0 saturated carbocycles. The Kier molecular flexibility index (Phi) is 7.10. The Morgan fingerprint density at radius 2 is 1.90 bits per heavy atom. The molecule has 1 atom stereocenters. The monoisotopic (exact) mass is 411 g/mol. The van der Waals surface area contributed by atoms with Gasteiger partial charge in [-0.05, 0) is 36.6 Å². The van der Waals surface area contributed by atoms with E-state index < -0.39 is 0 Å². The number of hydrogen-bond acceptors (Lipinski definition) is 3. The molecular formula is C24H26ClNO3. The molecule has 0 saturated heterocycles. The molecule has 0 N–H and O–H groups in total. The summed E-state index contributed by atoms with van der Waals surface area (Å²) in [5.74, 6) is -0.622. The fourth-order valence-corrected chi connectivity index (χ4v) is 4.04. The van der Waals surface area contributed by atoms with Gasteiger partial charge in [0.2, 0.25) is 5.91 Å². The van der Waals surface area contributed by atoms with Crippen LogP contribution in [0, 0.1) is 0 Å². The second-order valence-electron chi connectivity index (χ2n) is 7.11. The molecule has 29 heavy (non-hydrogen) atoms. The van der Waals surface area contributed by atoms with Crippen molar-refractivity contribution in [3.05, 3.63) is 82.0 Å². The van der Waals surface area contributed by atoms with E-state index in [0.29, 0.717) is 30.2 Å². The SMILES string of the molecule is CCCC1=C(C(=O)OCC)C(c2ccccc2)CC(=O)N1Cc1cccc(Cl)c1. The van der Waals surface area contributed by atoms with Crippen LogP contribution in [0.5, 0.6) is 0 Å². The predicted molar refractivity (Wildman–Crippen MR) is 114 cm³/mol. The van der Waals surface area contributed by atoms with Gasteiger partial charge >= 0.3 is 5.97 Å².